The normalized spacial score (nSPS) is 15.9. The van der Waals surface area contributed by atoms with E-state index < -0.39 is 17.8 Å². The number of ether oxygens (including phenoxy) is 2. The van der Waals surface area contributed by atoms with Gasteiger partial charge in [0, 0.05) is 12.7 Å². The highest BCUT2D eigenvalue weighted by Gasteiger charge is 2.42. The molecular formula is C22H22N2O5. The Hall–Kier alpha value is -3.45. The molecule has 0 spiro atoms. The largest absolute Gasteiger partial charge is 0.493 e. The van der Waals surface area contributed by atoms with Crippen LogP contribution in [0.2, 0.25) is 0 Å². The highest BCUT2D eigenvalue weighted by Crippen LogP contribution is 2.28. The summed E-state index contributed by atoms with van der Waals surface area (Å²) in [7, 11) is 1.48. The predicted octanol–water partition coefficient (Wildman–Crippen LogP) is 3.11. The second-order valence-electron chi connectivity index (χ2n) is 6.24. The zero-order valence-electron chi connectivity index (χ0n) is 16.3. The van der Waals surface area contributed by atoms with Gasteiger partial charge in [-0.3, -0.25) is 14.5 Å². The lowest BCUT2D eigenvalue weighted by Gasteiger charge is -2.33. The minimum atomic E-state index is -0.696. The summed E-state index contributed by atoms with van der Waals surface area (Å²) < 4.78 is 10.6. The van der Waals surface area contributed by atoms with Crippen molar-refractivity contribution in [2.75, 3.05) is 31.8 Å². The third-order valence-electron chi connectivity index (χ3n) is 4.38. The summed E-state index contributed by atoms with van der Waals surface area (Å²) in [5.74, 6) is -0.781. The number of hydrogen-bond donors (Lipinski definition) is 0. The van der Waals surface area contributed by atoms with Crippen LogP contribution in [0, 0.1) is 0 Å². The minimum Gasteiger partial charge on any atom is -0.493 e. The molecule has 0 saturated carbocycles. The molecule has 1 fully saturated rings. The van der Waals surface area contributed by atoms with Gasteiger partial charge in [-0.1, -0.05) is 36.4 Å². The summed E-state index contributed by atoms with van der Waals surface area (Å²) in [5, 5.41) is 0. The highest BCUT2D eigenvalue weighted by molar-refractivity contribution is 6.39. The number of barbiturate groups is 1. The molecule has 0 aromatic heterocycles. The van der Waals surface area contributed by atoms with E-state index in [0.29, 0.717) is 23.6 Å². The Bertz CT molecular complexity index is 939. The van der Waals surface area contributed by atoms with Crippen molar-refractivity contribution in [2.24, 2.45) is 0 Å². The van der Waals surface area contributed by atoms with Crippen LogP contribution in [0.15, 0.2) is 60.2 Å². The smallest absolute Gasteiger partial charge is 0.338 e. The van der Waals surface area contributed by atoms with Gasteiger partial charge in [0.25, 0.3) is 11.8 Å². The first kappa shape index (κ1) is 20.3. The number of carbonyl (C=O) groups is 3. The third-order valence-corrected chi connectivity index (χ3v) is 4.38. The molecule has 0 atom stereocenters. The summed E-state index contributed by atoms with van der Waals surface area (Å²) in [6.45, 7) is 2.49. The average Bonchev–Trinajstić information content (AvgIpc) is 2.73. The van der Waals surface area contributed by atoms with Crippen molar-refractivity contribution in [2.45, 2.75) is 6.92 Å². The van der Waals surface area contributed by atoms with Gasteiger partial charge in [0.2, 0.25) is 0 Å². The van der Waals surface area contributed by atoms with Crippen LogP contribution in [0.5, 0.6) is 5.75 Å². The van der Waals surface area contributed by atoms with Crippen molar-refractivity contribution in [3.8, 4) is 5.75 Å². The molecule has 1 heterocycles. The van der Waals surface area contributed by atoms with Gasteiger partial charge >= 0.3 is 6.03 Å². The number of imide groups is 2. The molecular weight excluding hydrogens is 372 g/mol. The third kappa shape index (κ3) is 4.20. The van der Waals surface area contributed by atoms with Crippen LogP contribution in [-0.4, -0.2) is 49.6 Å². The van der Waals surface area contributed by atoms with E-state index in [0.717, 1.165) is 9.80 Å². The molecule has 1 aliphatic rings. The van der Waals surface area contributed by atoms with Crippen LogP contribution in [-0.2, 0) is 14.3 Å². The van der Waals surface area contributed by atoms with Crippen molar-refractivity contribution in [1.29, 1.82) is 0 Å². The number of amides is 4. The topological polar surface area (TPSA) is 76.2 Å². The van der Waals surface area contributed by atoms with Crippen LogP contribution in [0.25, 0.3) is 6.08 Å². The first-order valence-corrected chi connectivity index (χ1v) is 9.26. The van der Waals surface area contributed by atoms with E-state index in [1.165, 1.54) is 13.2 Å². The van der Waals surface area contributed by atoms with Gasteiger partial charge in [0.1, 0.15) is 11.3 Å². The molecule has 0 N–H and O–H groups in total. The lowest BCUT2D eigenvalue weighted by Crippen LogP contribution is -2.57. The summed E-state index contributed by atoms with van der Waals surface area (Å²) in [6.07, 6.45) is 1.47. The quantitative estimate of drug-likeness (QED) is 0.533. The number of para-hydroxylation sites is 2. The summed E-state index contributed by atoms with van der Waals surface area (Å²) in [6, 6.07) is 14.9. The molecule has 0 radical (unpaired) electrons. The molecule has 0 bridgehead atoms. The fourth-order valence-electron chi connectivity index (χ4n) is 3.00. The van der Waals surface area contributed by atoms with Crippen LogP contribution < -0.4 is 9.64 Å². The molecule has 150 valence electrons. The molecule has 7 heteroatoms. The number of nitrogens with zero attached hydrogens (tertiary/aromatic N) is 2. The monoisotopic (exact) mass is 394 g/mol. The summed E-state index contributed by atoms with van der Waals surface area (Å²) >= 11 is 0. The zero-order chi connectivity index (χ0) is 20.8. The number of rotatable bonds is 7. The molecule has 1 aliphatic heterocycles. The highest BCUT2D eigenvalue weighted by atomic mass is 16.5. The van der Waals surface area contributed by atoms with Crippen molar-refractivity contribution in [1.82, 2.24) is 4.90 Å². The number of benzene rings is 2. The minimum absolute atomic E-state index is 0.0369. The number of hydrogen-bond acceptors (Lipinski definition) is 5. The van der Waals surface area contributed by atoms with E-state index in [2.05, 4.69) is 0 Å². The van der Waals surface area contributed by atoms with Gasteiger partial charge in [-0.15, -0.1) is 0 Å². The van der Waals surface area contributed by atoms with Gasteiger partial charge in [0.05, 0.1) is 25.4 Å². The fraction of sp³-hybridized carbons (Fsp3) is 0.227. The maximum absolute atomic E-state index is 13.2. The molecule has 0 unspecified atom stereocenters. The molecule has 2 aromatic carbocycles. The SMILES string of the molecule is CCOc1ccccc1/C=C1/C(=O)N(CCOC)C(=O)N(c2ccccc2)C1=O. The van der Waals surface area contributed by atoms with E-state index in [9.17, 15) is 14.4 Å². The van der Waals surface area contributed by atoms with Crippen LogP contribution in [0.1, 0.15) is 12.5 Å². The first-order chi connectivity index (χ1) is 14.1. The number of methoxy groups -OCH3 is 1. The van der Waals surface area contributed by atoms with E-state index in [1.807, 2.05) is 13.0 Å². The van der Waals surface area contributed by atoms with Gasteiger partial charge in [-0.05, 0) is 31.2 Å². The maximum Gasteiger partial charge on any atom is 0.338 e. The van der Waals surface area contributed by atoms with E-state index in [1.54, 1.807) is 48.5 Å². The molecule has 29 heavy (non-hydrogen) atoms. The van der Waals surface area contributed by atoms with Crippen molar-refractivity contribution in [3.63, 3.8) is 0 Å². The number of carbonyl (C=O) groups excluding carboxylic acids is 3. The van der Waals surface area contributed by atoms with Crippen LogP contribution >= 0.6 is 0 Å². The molecule has 7 nitrogen and oxygen atoms in total. The summed E-state index contributed by atoms with van der Waals surface area (Å²) in [5.41, 5.74) is 0.859. The van der Waals surface area contributed by atoms with Gasteiger partial charge in [-0.25, -0.2) is 9.69 Å². The van der Waals surface area contributed by atoms with Crippen LogP contribution in [0.4, 0.5) is 10.5 Å². The first-order valence-electron chi connectivity index (χ1n) is 9.26. The van der Waals surface area contributed by atoms with Gasteiger partial charge < -0.3 is 9.47 Å². The number of anilines is 1. The lowest BCUT2D eigenvalue weighted by molar-refractivity contribution is -0.129. The Labute approximate surface area is 169 Å². The second kappa shape index (κ2) is 9.16. The number of urea groups is 1. The molecule has 4 amide bonds. The zero-order valence-corrected chi connectivity index (χ0v) is 16.3. The maximum atomic E-state index is 13.2. The molecule has 1 saturated heterocycles. The Morgan fingerprint density at radius 3 is 2.31 bits per heavy atom. The Morgan fingerprint density at radius 2 is 1.62 bits per heavy atom. The molecule has 0 aliphatic carbocycles. The molecule has 2 aromatic rings. The average molecular weight is 394 g/mol. The lowest BCUT2D eigenvalue weighted by atomic mass is 10.0. The molecule has 3 rings (SSSR count). The predicted molar refractivity (Wildman–Crippen MR) is 109 cm³/mol. The van der Waals surface area contributed by atoms with E-state index in [4.69, 9.17) is 9.47 Å². The Morgan fingerprint density at radius 1 is 0.931 bits per heavy atom. The van der Waals surface area contributed by atoms with Gasteiger partial charge in [-0.2, -0.15) is 0 Å². The standard InChI is InChI=1S/C22H22N2O5/c1-3-29-19-12-8-7-9-16(19)15-18-20(25)23(13-14-28-2)22(27)24(21(18)26)17-10-5-4-6-11-17/h4-12,15H,3,13-14H2,1-2H3/b18-15-. The van der Waals surface area contributed by atoms with Crippen molar-refractivity contribution in [3.05, 3.63) is 65.7 Å². The van der Waals surface area contributed by atoms with Crippen molar-refractivity contribution >= 4 is 29.6 Å². The Kier molecular flexibility index (Phi) is 6.41. The second-order valence-corrected chi connectivity index (χ2v) is 6.24. The van der Waals surface area contributed by atoms with Gasteiger partial charge in [0.15, 0.2) is 0 Å². The van der Waals surface area contributed by atoms with Crippen LogP contribution in [0.3, 0.4) is 0 Å². The fourth-order valence-corrected chi connectivity index (χ4v) is 3.00. The summed E-state index contributed by atoms with van der Waals surface area (Å²) in [4.78, 5) is 41.1. The van der Waals surface area contributed by atoms with E-state index in [-0.39, 0.29) is 18.7 Å². The van der Waals surface area contributed by atoms with Crippen molar-refractivity contribution < 1.29 is 23.9 Å². The van der Waals surface area contributed by atoms with E-state index >= 15 is 0 Å². The Balaban J connectivity index is 2.08.